The summed E-state index contributed by atoms with van der Waals surface area (Å²) in [7, 11) is 0. The maximum Gasteiger partial charge on any atom is 0.439 e. The lowest BCUT2D eigenvalue weighted by molar-refractivity contribution is -0.151. The summed E-state index contributed by atoms with van der Waals surface area (Å²) in [5, 5.41) is 13.6. The van der Waals surface area contributed by atoms with Gasteiger partial charge in [-0.1, -0.05) is 74.5 Å². The van der Waals surface area contributed by atoms with Crippen LogP contribution in [0.25, 0.3) is 22.5 Å². The number of nitrogens with zero attached hydrogens (tertiary/aromatic N) is 2. The molecule has 1 amide bonds. The van der Waals surface area contributed by atoms with Crippen LogP contribution in [-0.4, -0.2) is 38.1 Å². The molecule has 8 nitrogen and oxygen atoms in total. The minimum absolute atomic E-state index is 0.143. The van der Waals surface area contributed by atoms with Crippen molar-refractivity contribution in [2.75, 3.05) is 0 Å². The van der Waals surface area contributed by atoms with Gasteiger partial charge in [-0.25, -0.2) is 9.59 Å². The van der Waals surface area contributed by atoms with Gasteiger partial charge in [0.2, 0.25) is 5.91 Å². The summed E-state index contributed by atoms with van der Waals surface area (Å²) >= 11 is 0. The Kier molecular flexibility index (Phi) is 7.82. The molecular weight excluding hydrogens is 422 g/mol. The van der Waals surface area contributed by atoms with Gasteiger partial charge in [0.25, 0.3) is 0 Å². The summed E-state index contributed by atoms with van der Waals surface area (Å²) in [5.74, 6) is -1.28. The zero-order valence-corrected chi connectivity index (χ0v) is 19.1. The van der Waals surface area contributed by atoms with Crippen molar-refractivity contribution < 1.29 is 19.2 Å². The molecule has 0 bridgehead atoms. The van der Waals surface area contributed by atoms with E-state index in [1.165, 1.54) is 4.90 Å². The van der Waals surface area contributed by atoms with Crippen LogP contribution in [0.1, 0.15) is 45.6 Å². The fourth-order valence-electron chi connectivity index (χ4n) is 3.81. The summed E-state index contributed by atoms with van der Waals surface area (Å²) < 4.78 is 4.64. The molecule has 1 atom stereocenters. The van der Waals surface area contributed by atoms with E-state index in [0.717, 1.165) is 22.3 Å². The Bertz CT molecular complexity index is 1150. The Morgan fingerprint density at radius 2 is 1.76 bits per heavy atom. The van der Waals surface area contributed by atoms with Gasteiger partial charge in [-0.2, -0.15) is 0 Å². The second-order valence-electron chi connectivity index (χ2n) is 8.44. The van der Waals surface area contributed by atoms with Crippen molar-refractivity contribution in [3.8, 4) is 22.5 Å². The molecular formula is C25H29N3O5. The van der Waals surface area contributed by atoms with Crippen LogP contribution < -0.4 is 5.76 Å². The van der Waals surface area contributed by atoms with E-state index < -0.39 is 17.8 Å². The molecule has 0 aliphatic carbocycles. The van der Waals surface area contributed by atoms with Crippen molar-refractivity contribution in [3.63, 3.8) is 0 Å². The third kappa shape index (κ3) is 5.97. The number of H-pyrrole nitrogens is 1. The molecule has 0 aliphatic heterocycles. The monoisotopic (exact) mass is 451 g/mol. The predicted molar refractivity (Wildman–Crippen MR) is 124 cm³/mol. The second kappa shape index (κ2) is 10.8. The molecule has 0 spiro atoms. The van der Waals surface area contributed by atoms with Crippen LogP contribution in [-0.2, 0) is 16.1 Å². The van der Waals surface area contributed by atoms with Gasteiger partial charge in [-0.05, 0) is 35.4 Å². The van der Waals surface area contributed by atoms with Crippen molar-refractivity contribution in [2.45, 2.75) is 52.6 Å². The SMILES string of the molecule is CCCC(=O)N(Cc1ccc(-c2ccccc2-c2noc(=O)[nH]2)cc1)[C@@H](CC(C)C)C(=O)O. The quantitative estimate of drug-likeness (QED) is 0.474. The second-order valence-corrected chi connectivity index (χ2v) is 8.44. The minimum atomic E-state index is -0.986. The zero-order valence-electron chi connectivity index (χ0n) is 19.1. The summed E-state index contributed by atoms with van der Waals surface area (Å²) in [6, 6.07) is 14.2. The first kappa shape index (κ1) is 24.0. The smallest absolute Gasteiger partial charge is 0.439 e. The number of aromatic amines is 1. The van der Waals surface area contributed by atoms with Crippen molar-refractivity contribution in [1.82, 2.24) is 15.0 Å². The third-order valence-electron chi connectivity index (χ3n) is 5.38. The predicted octanol–water partition coefficient (Wildman–Crippen LogP) is 4.32. The largest absolute Gasteiger partial charge is 0.480 e. The van der Waals surface area contributed by atoms with Crippen LogP contribution in [0.4, 0.5) is 0 Å². The molecule has 3 rings (SSSR count). The molecule has 174 valence electrons. The first-order valence-electron chi connectivity index (χ1n) is 11.1. The van der Waals surface area contributed by atoms with Crippen molar-refractivity contribution in [1.29, 1.82) is 0 Å². The van der Waals surface area contributed by atoms with Crippen LogP contribution in [0.2, 0.25) is 0 Å². The molecule has 0 saturated heterocycles. The highest BCUT2D eigenvalue weighted by atomic mass is 16.5. The lowest BCUT2D eigenvalue weighted by Crippen LogP contribution is -2.45. The highest BCUT2D eigenvalue weighted by Gasteiger charge is 2.30. The van der Waals surface area contributed by atoms with Crippen molar-refractivity contribution >= 4 is 11.9 Å². The molecule has 0 aliphatic rings. The first-order chi connectivity index (χ1) is 15.8. The van der Waals surface area contributed by atoms with E-state index in [0.29, 0.717) is 25.1 Å². The Morgan fingerprint density at radius 1 is 1.09 bits per heavy atom. The average Bonchev–Trinajstić information content (AvgIpc) is 3.22. The number of carbonyl (C=O) groups excluding carboxylic acids is 1. The number of nitrogens with one attached hydrogen (secondary N) is 1. The zero-order chi connectivity index (χ0) is 24.0. The third-order valence-corrected chi connectivity index (χ3v) is 5.38. The standard InChI is InChI=1S/C25H29N3O5/c1-4-7-22(29)28(21(24(30)31)14-16(2)3)15-17-10-12-18(13-11-17)19-8-5-6-9-20(19)23-26-25(32)33-27-23/h5-6,8-13,16,21H,4,7,14-15H2,1-3H3,(H,30,31)(H,26,27,32)/t21-/m0/s1. The van der Waals surface area contributed by atoms with Crippen molar-refractivity contribution in [2.24, 2.45) is 5.92 Å². The number of aliphatic carboxylic acids is 1. The van der Waals surface area contributed by atoms with E-state index >= 15 is 0 Å². The molecule has 0 unspecified atom stereocenters. The summed E-state index contributed by atoms with van der Waals surface area (Å²) in [6.45, 7) is 6.03. The van der Waals surface area contributed by atoms with Gasteiger partial charge in [-0.3, -0.25) is 14.3 Å². The number of hydrogen-bond acceptors (Lipinski definition) is 5. The Morgan fingerprint density at radius 3 is 2.30 bits per heavy atom. The maximum absolute atomic E-state index is 12.8. The number of rotatable bonds is 10. The van der Waals surface area contributed by atoms with Crippen molar-refractivity contribution in [3.05, 3.63) is 64.6 Å². The molecule has 1 aromatic heterocycles. The van der Waals surface area contributed by atoms with Crippen LogP contribution in [0.15, 0.2) is 57.8 Å². The van der Waals surface area contributed by atoms with Crippen LogP contribution >= 0.6 is 0 Å². The van der Waals surface area contributed by atoms with E-state index in [1.54, 1.807) is 0 Å². The Balaban J connectivity index is 1.89. The van der Waals surface area contributed by atoms with Crippen LogP contribution in [0.5, 0.6) is 0 Å². The van der Waals surface area contributed by atoms with Crippen LogP contribution in [0.3, 0.4) is 0 Å². The van der Waals surface area contributed by atoms with Gasteiger partial charge in [0.1, 0.15) is 6.04 Å². The molecule has 3 aromatic rings. The minimum Gasteiger partial charge on any atom is -0.480 e. The molecule has 0 radical (unpaired) electrons. The summed E-state index contributed by atoms with van der Waals surface area (Å²) in [5.41, 5.74) is 3.31. The van der Waals surface area contributed by atoms with Crippen LogP contribution in [0, 0.1) is 5.92 Å². The van der Waals surface area contributed by atoms with Gasteiger partial charge < -0.3 is 10.0 Å². The lowest BCUT2D eigenvalue weighted by atomic mass is 9.97. The molecule has 2 N–H and O–H groups in total. The normalized spacial score (nSPS) is 12.0. The number of benzene rings is 2. The fourth-order valence-corrected chi connectivity index (χ4v) is 3.81. The highest BCUT2D eigenvalue weighted by molar-refractivity contribution is 5.84. The van der Waals surface area contributed by atoms with E-state index in [4.69, 9.17) is 0 Å². The molecule has 0 saturated carbocycles. The van der Waals surface area contributed by atoms with Gasteiger partial charge >= 0.3 is 11.7 Å². The molecule has 1 heterocycles. The number of carboxylic acids is 1. The van der Waals surface area contributed by atoms with Gasteiger partial charge in [0.15, 0.2) is 5.82 Å². The Hall–Kier alpha value is -3.68. The van der Waals surface area contributed by atoms with E-state index in [1.807, 2.05) is 69.3 Å². The first-order valence-corrected chi connectivity index (χ1v) is 11.1. The fraction of sp³-hybridized carbons (Fsp3) is 0.360. The topological polar surface area (TPSA) is 117 Å². The van der Waals surface area contributed by atoms with Gasteiger partial charge in [0.05, 0.1) is 0 Å². The number of carbonyl (C=O) groups is 2. The van der Waals surface area contributed by atoms with E-state index in [-0.39, 0.29) is 18.4 Å². The maximum atomic E-state index is 12.8. The number of aromatic nitrogens is 2. The summed E-state index contributed by atoms with van der Waals surface area (Å²) in [6.07, 6.45) is 1.36. The van der Waals surface area contributed by atoms with Gasteiger partial charge in [0, 0.05) is 18.5 Å². The molecule has 0 fully saturated rings. The van der Waals surface area contributed by atoms with Gasteiger partial charge in [-0.15, -0.1) is 0 Å². The Labute approximate surface area is 192 Å². The molecule has 33 heavy (non-hydrogen) atoms. The molecule has 2 aromatic carbocycles. The average molecular weight is 452 g/mol. The number of hydrogen-bond donors (Lipinski definition) is 2. The van der Waals surface area contributed by atoms with E-state index in [2.05, 4.69) is 14.7 Å². The summed E-state index contributed by atoms with van der Waals surface area (Å²) in [4.78, 5) is 40.2. The number of amides is 1. The number of carboxylic acid groups (broad SMARTS) is 1. The highest BCUT2D eigenvalue weighted by Crippen LogP contribution is 2.30. The molecule has 8 heteroatoms. The van der Waals surface area contributed by atoms with E-state index in [9.17, 15) is 19.5 Å². The lowest BCUT2D eigenvalue weighted by Gasteiger charge is -2.30.